The summed E-state index contributed by atoms with van der Waals surface area (Å²) < 4.78 is 0. The van der Waals surface area contributed by atoms with E-state index in [0.29, 0.717) is 27.3 Å². The van der Waals surface area contributed by atoms with Crippen molar-refractivity contribution in [2.24, 2.45) is 0 Å². The maximum absolute atomic E-state index is 6.08. The van der Waals surface area contributed by atoms with E-state index in [2.05, 4.69) is 20.4 Å². The Bertz CT molecular complexity index is 727. The van der Waals surface area contributed by atoms with Gasteiger partial charge in [0.05, 0.1) is 5.02 Å². The Morgan fingerprint density at radius 1 is 0.650 bits per heavy atom. The quantitative estimate of drug-likeness (QED) is 0.720. The molecule has 4 nitrogen and oxygen atoms in total. The van der Waals surface area contributed by atoms with E-state index in [0.717, 1.165) is 5.56 Å². The van der Waals surface area contributed by atoms with Crippen LogP contribution in [-0.4, -0.2) is 20.4 Å². The molecular formula is C14H8Cl2N4. The summed E-state index contributed by atoms with van der Waals surface area (Å²) in [7, 11) is 0. The van der Waals surface area contributed by atoms with Crippen molar-refractivity contribution in [1.82, 2.24) is 20.4 Å². The molecule has 0 saturated heterocycles. The lowest BCUT2D eigenvalue weighted by Crippen LogP contribution is -1.99. The molecule has 0 aliphatic carbocycles. The van der Waals surface area contributed by atoms with Crippen molar-refractivity contribution in [2.45, 2.75) is 0 Å². The van der Waals surface area contributed by atoms with Crippen LogP contribution in [0.5, 0.6) is 0 Å². The molecule has 0 aliphatic rings. The Balaban J connectivity index is 1.96. The van der Waals surface area contributed by atoms with E-state index in [1.54, 1.807) is 18.2 Å². The monoisotopic (exact) mass is 302 g/mol. The average Bonchev–Trinajstić information content (AvgIpc) is 2.49. The van der Waals surface area contributed by atoms with Gasteiger partial charge in [-0.25, -0.2) is 0 Å². The lowest BCUT2D eigenvalue weighted by Gasteiger charge is -2.02. The first-order chi connectivity index (χ1) is 9.74. The van der Waals surface area contributed by atoms with Gasteiger partial charge in [0.2, 0.25) is 11.6 Å². The third kappa shape index (κ3) is 2.61. The number of hydrogen-bond donors (Lipinski definition) is 0. The second-order valence-corrected chi connectivity index (χ2v) is 4.88. The second-order valence-electron chi connectivity index (χ2n) is 4.03. The standard InChI is InChI=1S/C14H8Cl2N4/c15-10-7-5-9(6-8-10)13-17-19-14(20-18-13)11-3-1-2-4-12(11)16/h1-8H. The average molecular weight is 303 g/mol. The highest BCUT2D eigenvalue weighted by Gasteiger charge is 2.08. The molecule has 0 spiro atoms. The minimum absolute atomic E-state index is 0.397. The van der Waals surface area contributed by atoms with Gasteiger partial charge in [-0.1, -0.05) is 35.3 Å². The molecule has 0 radical (unpaired) electrons. The van der Waals surface area contributed by atoms with Crippen LogP contribution in [0.1, 0.15) is 0 Å². The van der Waals surface area contributed by atoms with E-state index in [1.165, 1.54) is 0 Å². The SMILES string of the molecule is Clc1ccc(-c2nnc(-c3ccccc3Cl)nn2)cc1. The number of rotatable bonds is 2. The summed E-state index contributed by atoms with van der Waals surface area (Å²) >= 11 is 11.9. The topological polar surface area (TPSA) is 51.6 Å². The Kier molecular flexibility index (Phi) is 3.58. The smallest absolute Gasteiger partial charge is 0.126 e. The van der Waals surface area contributed by atoms with Crippen molar-refractivity contribution in [2.75, 3.05) is 0 Å². The second kappa shape index (κ2) is 5.53. The van der Waals surface area contributed by atoms with E-state index in [-0.39, 0.29) is 0 Å². The van der Waals surface area contributed by atoms with Gasteiger partial charge >= 0.3 is 0 Å². The first kappa shape index (κ1) is 13.0. The zero-order valence-electron chi connectivity index (χ0n) is 10.2. The fraction of sp³-hybridized carbons (Fsp3) is 0. The maximum atomic E-state index is 6.08. The molecule has 0 atom stereocenters. The van der Waals surface area contributed by atoms with Crippen molar-refractivity contribution in [1.29, 1.82) is 0 Å². The molecule has 0 unspecified atom stereocenters. The number of nitrogens with zero attached hydrogens (tertiary/aromatic N) is 4. The maximum Gasteiger partial charge on any atom is 0.205 e. The van der Waals surface area contributed by atoms with Crippen molar-refractivity contribution in [3.63, 3.8) is 0 Å². The van der Waals surface area contributed by atoms with Crippen LogP contribution in [0.4, 0.5) is 0 Å². The van der Waals surface area contributed by atoms with Gasteiger partial charge in [-0.15, -0.1) is 20.4 Å². The lowest BCUT2D eigenvalue weighted by atomic mass is 10.2. The summed E-state index contributed by atoms with van der Waals surface area (Å²) in [6.07, 6.45) is 0. The summed E-state index contributed by atoms with van der Waals surface area (Å²) in [5.41, 5.74) is 1.51. The molecule has 98 valence electrons. The van der Waals surface area contributed by atoms with Crippen LogP contribution in [0.15, 0.2) is 48.5 Å². The van der Waals surface area contributed by atoms with Gasteiger partial charge in [0, 0.05) is 16.1 Å². The van der Waals surface area contributed by atoms with Crippen LogP contribution < -0.4 is 0 Å². The van der Waals surface area contributed by atoms with E-state index in [9.17, 15) is 0 Å². The molecule has 0 aliphatic heterocycles. The molecule has 0 fully saturated rings. The first-order valence-corrected chi connectivity index (χ1v) is 6.58. The highest BCUT2D eigenvalue weighted by Crippen LogP contribution is 2.24. The molecule has 3 rings (SSSR count). The predicted octanol–water partition coefficient (Wildman–Crippen LogP) is 3.91. The summed E-state index contributed by atoms with van der Waals surface area (Å²) in [4.78, 5) is 0. The molecule has 20 heavy (non-hydrogen) atoms. The fourth-order valence-corrected chi connectivity index (χ4v) is 2.04. The zero-order chi connectivity index (χ0) is 13.9. The van der Waals surface area contributed by atoms with E-state index >= 15 is 0 Å². The van der Waals surface area contributed by atoms with Crippen LogP contribution in [0.3, 0.4) is 0 Å². The number of halogens is 2. The third-order valence-electron chi connectivity index (χ3n) is 2.70. The lowest BCUT2D eigenvalue weighted by molar-refractivity contribution is 0.876. The molecule has 2 aromatic carbocycles. The molecule has 0 amide bonds. The van der Waals surface area contributed by atoms with Gasteiger partial charge in [0.25, 0.3) is 0 Å². The first-order valence-electron chi connectivity index (χ1n) is 5.82. The van der Waals surface area contributed by atoms with E-state index < -0.39 is 0 Å². The van der Waals surface area contributed by atoms with Crippen molar-refractivity contribution >= 4 is 23.2 Å². The Labute approximate surface area is 125 Å². The Hall–Kier alpha value is -2.04. The normalized spacial score (nSPS) is 10.5. The number of aromatic nitrogens is 4. The Morgan fingerprint density at radius 3 is 1.90 bits per heavy atom. The fourth-order valence-electron chi connectivity index (χ4n) is 1.69. The molecule has 0 saturated carbocycles. The molecule has 3 aromatic rings. The molecule has 1 aromatic heterocycles. The molecule has 0 N–H and O–H groups in total. The molecular weight excluding hydrogens is 295 g/mol. The molecule has 6 heteroatoms. The van der Waals surface area contributed by atoms with Crippen molar-refractivity contribution < 1.29 is 0 Å². The van der Waals surface area contributed by atoms with Gasteiger partial charge < -0.3 is 0 Å². The number of benzene rings is 2. The van der Waals surface area contributed by atoms with Crippen LogP contribution in [0, 0.1) is 0 Å². The van der Waals surface area contributed by atoms with Crippen LogP contribution in [0.2, 0.25) is 10.0 Å². The predicted molar refractivity (Wildman–Crippen MR) is 78.5 cm³/mol. The van der Waals surface area contributed by atoms with Gasteiger partial charge in [-0.05, 0) is 36.4 Å². The summed E-state index contributed by atoms with van der Waals surface area (Å²) in [5.74, 6) is 0.839. The van der Waals surface area contributed by atoms with E-state index in [4.69, 9.17) is 23.2 Å². The van der Waals surface area contributed by atoms with Crippen LogP contribution in [0.25, 0.3) is 22.8 Å². The van der Waals surface area contributed by atoms with Crippen LogP contribution >= 0.6 is 23.2 Å². The third-order valence-corrected chi connectivity index (χ3v) is 3.28. The van der Waals surface area contributed by atoms with Crippen LogP contribution in [-0.2, 0) is 0 Å². The minimum atomic E-state index is 0.397. The zero-order valence-corrected chi connectivity index (χ0v) is 11.7. The minimum Gasteiger partial charge on any atom is -0.126 e. The largest absolute Gasteiger partial charge is 0.205 e. The van der Waals surface area contributed by atoms with Gasteiger partial charge in [0.15, 0.2) is 0 Å². The Morgan fingerprint density at radius 2 is 1.25 bits per heavy atom. The summed E-state index contributed by atoms with van der Waals surface area (Å²) in [5, 5.41) is 17.5. The highest BCUT2D eigenvalue weighted by atomic mass is 35.5. The van der Waals surface area contributed by atoms with E-state index in [1.807, 2.05) is 30.3 Å². The summed E-state index contributed by atoms with van der Waals surface area (Å²) in [6.45, 7) is 0. The molecule has 1 heterocycles. The summed E-state index contributed by atoms with van der Waals surface area (Å²) in [6, 6.07) is 14.5. The van der Waals surface area contributed by atoms with Gasteiger partial charge in [-0.2, -0.15) is 0 Å². The molecule has 0 bridgehead atoms. The van der Waals surface area contributed by atoms with Crippen molar-refractivity contribution in [3.05, 3.63) is 58.6 Å². The van der Waals surface area contributed by atoms with Crippen molar-refractivity contribution in [3.8, 4) is 22.8 Å². The highest BCUT2D eigenvalue weighted by molar-refractivity contribution is 6.33. The van der Waals surface area contributed by atoms with Gasteiger partial charge in [0.1, 0.15) is 0 Å². The number of hydrogen-bond acceptors (Lipinski definition) is 4. The van der Waals surface area contributed by atoms with Gasteiger partial charge in [-0.3, -0.25) is 0 Å².